The highest BCUT2D eigenvalue weighted by molar-refractivity contribution is 6.03. The van der Waals surface area contributed by atoms with Gasteiger partial charge in [-0.1, -0.05) is 17.7 Å². The van der Waals surface area contributed by atoms with Crippen LogP contribution in [0.2, 0.25) is 0 Å². The quantitative estimate of drug-likeness (QED) is 0.834. The van der Waals surface area contributed by atoms with Gasteiger partial charge in [0.2, 0.25) is 11.7 Å². The van der Waals surface area contributed by atoms with E-state index in [1.807, 2.05) is 19.1 Å². The van der Waals surface area contributed by atoms with E-state index >= 15 is 0 Å². The summed E-state index contributed by atoms with van der Waals surface area (Å²) in [4.78, 5) is 26.1. The number of benzene rings is 1. The lowest BCUT2D eigenvalue weighted by Gasteiger charge is -1.95. The Balaban J connectivity index is 2.53. The number of carbonyl (C=O) groups excluding carboxylic acids is 2. The van der Waals surface area contributed by atoms with Crippen molar-refractivity contribution in [2.24, 2.45) is 11.5 Å². The zero-order valence-electron chi connectivity index (χ0n) is 9.64. The Hall–Kier alpha value is -2.63. The largest absolute Gasteiger partial charge is 0.430 e. The Bertz CT molecular complexity index is 582. The molecule has 0 bridgehead atoms. The summed E-state index contributed by atoms with van der Waals surface area (Å²) in [5.41, 5.74) is 11.6. The molecular weight excluding hydrogens is 234 g/mol. The maximum Gasteiger partial charge on any atom is 0.287 e. The van der Waals surface area contributed by atoms with Crippen molar-refractivity contribution in [3.8, 4) is 11.5 Å². The molecule has 92 valence electrons. The van der Waals surface area contributed by atoms with Gasteiger partial charge in [-0.25, -0.2) is 4.98 Å². The van der Waals surface area contributed by atoms with Crippen LogP contribution in [0.3, 0.4) is 0 Å². The smallest absolute Gasteiger partial charge is 0.287 e. The Morgan fingerprint density at radius 2 is 1.72 bits per heavy atom. The molecule has 0 saturated heterocycles. The molecule has 18 heavy (non-hydrogen) atoms. The predicted octanol–water partition coefficient (Wildman–Crippen LogP) is 0.848. The van der Waals surface area contributed by atoms with E-state index in [1.165, 1.54) is 0 Å². The van der Waals surface area contributed by atoms with Gasteiger partial charge < -0.3 is 15.9 Å². The molecule has 0 radical (unpaired) electrons. The minimum absolute atomic E-state index is 0.137. The third-order valence-electron chi connectivity index (χ3n) is 2.38. The summed E-state index contributed by atoms with van der Waals surface area (Å²) in [6.45, 7) is 1.93. The second-order valence-electron chi connectivity index (χ2n) is 3.79. The van der Waals surface area contributed by atoms with Gasteiger partial charge in [-0.15, -0.1) is 0 Å². The van der Waals surface area contributed by atoms with E-state index in [-0.39, 0.29) is 17.3 Å². The van der Waals surface area contributed by atoms with Crippen molar-refractivity contribution in [1.29, 1.82) is 0 Å². The summed E-state index contributed by atoms with van der Waals surface area (Å²) in [5.74, 6) is -1.92. The average molecular weight is 245 g/mol. The van der Waals surface area contributed by atoms with Crippen molar-refractivity contribution in [1.82, 2.24) is 4.98 Å². The number of rotatable bonds is 3. The lowest BCUT2D eigenvalue weighted by atomic mass is 10.1. The third kappa shape index (κ3) is 2.08. The van der Waals surface area contributed by atoms with Gasteiger partial charge in [0.05, 0.1) is 0 Å². The van der Waals surface area contributed by atoms with Crippen molar-refractivity contribution in [3.63, 3.8) is 0 Å². The molecule has 2 rings (SSSR count). The van der Waals surface area contributed by atoms with Crippen LogP contribution in [0.1, 0.15) is 26.6 Å². The van der Waals surface area contributed by atoms with Crippen LogP contribution in [0.15, 0.2) is 28.7 Å². The van der Waals surface area contributed by atoms with Gasteiger partial charge in [-0.2, -0.15) is 0 Å². The van der Waals surface area contributed by atoms with Gasteiger partial charge in [0, 0.05) is 5.56 Å². The number of hydrogen-bond donors (Lipinski definition) is 2. The SMILES string of the molecule is Cc1ccc(-c2nc(C(N)=O)c(C(N)=O)o2)cc1. The van der Waals surface area contributed by atoms with Crippen LogP contribution in [0.25, 0.3) is 11.5 Å². The minimum atomic E-state index is -0.880. The highest BCUT2D eigenvalue weighted by Crippen LogP contribution is 2.22. The number of hydrogen-bond acceptors (Lipinski definition) is 4. The Labute approximate surface area is 103 Å². The van der Waals surface area contributed by atoms with Crippen LogP contribution in [-0.2, 0) is 0 Å². The molecule has 0 saturated carbocycles. The van der Waals surface area contributed by atoms with Gasteiger partial charge in [0.25, 0.3) is 11.8 Å². The van der Waals surface area contributed by atoms with E-state index in [0.717, 1.165) is 5.56 Å². The fourth-order valence-corrected chi connectivity index (χ4v) is 1.47. The number of aryl methyl sites for hydroxylation is 1. The second-order valence-corrected chi connectivity index (χ2v) is 3.79. The van der Waals surface area contributed by atoms with Crippen LogP contribution in [0.5, 0.6) is 0 Å². The van der Waals surface area contributed by atoms with Crippen LogP contribution in [-0.4, -0.2) is 16.8 Å². The molecule has 1 aromatic heterocycles. The predicted molar refractivity (Wildman–Crippen MR) is 63.7 cm³/mol. The maximum atomic E-state index is 11.1. The van der Waals surface area contributed by atoms with Crippen LogP contribution in [0.4, 0.5) is 0 Å². The standard InChI is InChI=1S/C12H11N3O3/c1-6-2-4-7(5-3-6)12-15-8(10(13)16)9(18-12)11(14)17/h2-5H,1H3,(H2,13,16)(H2,14,17). The molecule has 0 aliphatic carbocycles. The first-order valence-corrected chi connectivity index (χ1v) is 5.16. The van der Waals surface area contributed by atoms with E-state index < -0.39 is 11.8 Å². The monoisotopic (exact) mass is 245 g/mol. The first-order valence-electron chi connectivity index (χ1n) is 5.16. The van der Waals surface area contributed by atoms with Gasteiger partial charge in [0.15, 0.2) is 5.69 Å². The van der Waals surface area contributed by atoms with Gasteiger partial charge in [0.1, 0.15) is 0 Å². The fraction of sp³-hybridized carbons (Fsp3) is 0.0833. The minimum Gasteiger partial charge on any atom is -0.430 e. The molecule has 1 aromatic carbocycles. The van der Waals surface area contributed by atoms with Crippen LogP contribution >= 0.6 is 0 Å². The summed E-state index contributed by atoms with van der Waals surface area (Å²) < 4.78 is 5.18. The van der Waals surface area contributed by atoms with Crippen molar-refractivity contribution in [3.05, 3.63) is 41.3 Å². The zero-order valence-corrected chi connectivity index (χ0v) is 9.64. The summed E-state index contributed by atoms with van der Waals surface area (Å²) in [6, 6.07) is 7.23. The molecule has 2 aromatic rings. The van der Waals surface area contributed by atoms with Crippen molar-refractivity contribution < 1.29 is 14.0 Å². The highest BCUT2D eigenvalue weighted by Gasteiger charge is 2.22. The summed E-state index contributed by atoms with van der Waals surface area (Å²) >= 11 is 0. The molecule has 0 atom stereocenters. The van der Waals surface area contributed by atoms with E-state index in [4.69, 9.17) is 15.9 Å². The van der Waals surface area contributed by atoms with Gasteiger partial charge >= 0.3 is 0 Å². The van der Waals surface area contributed by atoms with E-state index in [0.29, 0.717) is 5.56 Å². The molecule has 4 N–H and O–H groups in total. The van der Waals surface area contributed by atoms with E-state index in [1.54, 1.807) is 12.1 Å². The number of nitrogens with two attached hydrogens (primary N) is 2. The molecule has 0 aliphatic heterocycles. The maximum absolute atomic E-state index is 11.1. The molecule has 0 fully saturated rings. The summed E-state index contributed by atoms with van der Waals surface area (Å²) in [5, 5.41) is 0. The molecule has 0 aliphatic rings. The molecule has 6 heteroatoms. The van der Waals surface area contributed by atoms with Gasteiger partial charge in [-0.05, 0) is 19.1 Å². The Morgan fingerprint density at radius 1 is 1.11 bits per heavy atom. The summed E-state index contributed by atoms with van der Waals surface area (Å²) in [7, 11) is 0. The lowest BCUT2D eigenvalue weighted by Crippen LogP contribution is -2.19. The van der Waals surface area contributed by atoms with Crippen molar-refractivity contribution in [2.75, 3.05) is 0 Å². The molecule has 1 heterocycles. The molecule has 6 nitrogen and oxygen atoms in total. The number of aromatic nitrogens is 1. The highest BCUT2D eigenvalue weighted by atomic mass is 16.4. The Morgan fingerprint density at radius 3 is 2.17 bits per heavy atom. The van der Waals surface area contributed by atoms with E-state index in [9.17, 15) is 9.59 Å². The molecule has 0 spiro atoms. The Kier molecular flexibility index (Phi) is 2.85. The van der Waals surface area contributed by atoms with Crippen molar-refractivity contribution >= 4 is 11.8 Å². The topological polar surface area (TPSA) is 112 Å². The number of carbonyl (C=O) groups is 2. The van der Waals surface area contributed by atoms with E-state index in [2.05, 4.69) is 4.98 Å². The number of oxazole rings is 1. The molecular formula is C12H11N3O3. The second kappa shape index (κ2) is 4.33. The third-order valence-corrected chi connectivity index (χ3v) is 2.38. The number of primary amides is 2. The normalized spacial score (nSPS) is 10.3. The first kappa shape index (κ1) is 11.8. The number of nitrogens with zero attached hydrogens (tertiary/aromatic N) is 1. The first-order chi connectivity index (χ1) is 8.49. The molecule has 0 unspecified atom stereocenters. The zero-order chi connectivity index (χ0) is 13.3. The number of amides is 2. The lowest BCUT2D eigenvalue weighted by molar-refractivity contribution is 0.0946. The van der Waals surface area contributed by atoms with Crippen LogP contribution in [0, 0.1) is 6.92 Å². The fourth-order valence-electron chi connectivity index (χ4n) is 1.47. The molecule has 2 amide bonds. The van der Waals surface area contributed by atoms with Gasteiger partial charge in [-0.3, -0.25) is 9.59 Å². The van der Waals surface area contributed by atoms with Crippen molar-refractivity contribution in [2.45, 2.75) is 6.92 Å². The van der Waals surface area contributed by atoms with Crippen LogP contribution < -0.4 is 11.5 Å². The summed E-state index contributed by atoms with van der Waals surface area (Å²) in [6.07, 6.45) is 0. The average Bonchev–Trinajstić information content (AvgIpc) is 2.75.